The summed E-state index contributed by atoms with van der Waals surface area (Å²) in [6.45, 7) is 4.27. The number of likely N-dealkylation sites (tertiary alicyclic amines) is 1. The number of aromatic nitrogens is 1. The molecule has 1 aliphatic rings. The summed E-state index contributed by atoms with van der Waals surface area (Å²) in [5.74, 6) is 0.370. The number of likely N-dealkylation sites (N-methyl/N-ethyl adjacent to an activating group) is 1. The monoisotopic (exact) mass is 281 g/mol. The van der Waals surface area contributed by atoms with Gasteiger partial charge in [-0.25, -0.2) is 4.98 Å². The molecule has 2 rings (SSSR count). The summed E-state index contributed by atoms with van der Waals surface area (Å²) in [7, 11) is 1.94. The van der Waals surface area contributed by atoms with Crippen LogP contribution in [0.1, 0.15) is 23.4 Å². The van der Waals surface area contributed by atoms with Crippen LogP contribution in [-0.4, -0.2) is 53.2 Å². The molecule has 6 heteroatoms. The minimum absolute atomic E-state index is 0.108. The van der Waals surface area contributed by atoms with Gasteiger partial charge in [-0.2, -0.15) is 0 Å². The second-order valence-electron chi connectivity index (χ2n) is 4.95. The summed E-state index contributed by atoms with van der Waals surface area (Å²) in [5, 5.41) is 0. The van der Waals surface area contributed by atoms with Crippen molar-refractivity contribution >= 4 is 23.0 Å². The Bertz CT molecular complexity index is 462. The predicted octanol–water partition coefficient (Wildman–Crippen LogP) is 1.07. The van der Waals surface area contributed by atoms with Crippen LogP contribution in [0, 0.1) is 6.92 Å². The standard InChI is InChI=1S/C13H19N3O2S/c1-10-12(19-9-14-10)7-15(2)8-13(18)16-5-3-11(17)4-6-16/h9H,3-8H2,1-2H3. The molecule has 0 spiro atoms. The summed E-state index contributed by atoms with van der Waals surface area (Å²) in [5.41, 5.74) is 2.86. The molecular formula is C13H19N3O2S. The van der Waals surface area contributed by atoms with Gasteiger partial charge in [0.25, 0.3) is 0 Å². The molecule has 0 aromatic carbocycles. The first-order chi connectivity index (χ1) is 9.06. The smallest absolute Gasteiger partial charge is 0.236 e. The lowest BCUT2D eigenvalue weighted by atomic mass is 10.1. The van der Waals surface area contributed by atoms with E-state index in [2.05, 4.69) is 4.98 Å². The molecule has 1 amide bonds. The molecule has 5 nitrogen and oxygen atoms in total. The van der Waals surface area contributed by atoms with Gasteiger partial charge in [0.15, 0.2) is 0 Å². The van der Waals surface area contributed by atoms with E-state index < -0.39 is 0 Å². The highest BCUT2D eigenvalue weighted by Crippen LogP contribution is 2.14. The Kier molecular flexibility index (Phi) is 4.66. The van der Waals surface area contributed by atoms with E-state index in [1.54, 1.807) is 16.2 Å². The fraction of sp³-hybridized carbons (Fsp3) is 0.615. The number of hydrogen-bond donors (Lipinski definition) is 0. The zero-order valence-corrected chi connectivity index (χ0v) is 12.2. The summed E-state index contributed by atoms with van der Waals surface area (Å²) < 4.78 is 0. The highest BCUT2D eigenvalue weighted by molar-refractivity contribution is 7.09. The van der Waals surface area contributed by atoms with Crippen molar-refractivity contribution in [2.45, 2.75) is 26.3 Å². The molecule has 0 N–H and O–H groups in total. The Morgan fingerprint density at radius 1 is 1.47 bits per heavy atom. The molecule has 0 atom stereocenters. The molecule has 0 bridgehead atoms. The molecule has 0 unspecified atom stereocenters. The summed E-state index contributed by atoms with van der Waals surface area (Å²) in [6, 6.07) is 0. The minimum atomic E-state index is 0.108. The van der Waals surface area contributed by atoms with Crippen LogP contribution >= 0.6 is 11.3 Å². The Morgan fingerprint density at radius 3 is 2.74 bits per heavy atom. The molecular weight excluding hydrogens is 262 g/mol. The van der Waals surface area contributed by atoms with Gasteiger partial charge < -0.3 is 4.90 Å². The number of aryl methyl sites for hydroxylation is 1. The lowest BCUT2D eigenvalue weighted by Gasteiger charge is -2.28. The van der Waals surface area contributed by atoms with Crippen molar-refractivity contribution in [3.8, 4) is 0 Å². The van der Waals surface area contributed by atoms with Crippen molar-refractivity contribution in [1.82, 2.24) is 14.8 Å². The highest BCUT2D eigenvalue weighted by atomic mass is 32.1. The van der Waals surface area contributed by atoms with Crippen molar-refractivity contribution in [2.75, 3.05) is 26.7 Å². The van der Waals surface area contributed by atoms with Crippen LogP contribution in [0.3, 0.4) is 0 Å². The lowest BCUT2D eigenvalue weighted by molar-refractivity contribution is -0.135. The molecule has 19 heavy (non-hydrogen) atoms. The fourth-order valence-electron chi connectivity index (χ4n) is 2.12. The van der Waals surface area contributed by atoms with E-state index in [-0.39, 0.29) is 11.7 Å². The van der Waals surface area contributed by atoms with Gasteiger partial charge in [0.05, 0.1) is 17.7 Å². The molecule has 0 radical (unpaired) electrons. The van der Waals surface area contributed by atoms with Crippen LogP contribution < -0.4 is 0 Å². The minimum Gasteiger partial charge on any atom is -0.341 e. The predicted molar refractivity (Wildman–Crippen MR) is 74.0 cm³/mol. The SMILES string of the molecule is Cc1ncsc1CN(C)CC(=O)N1CCC(=O)CC1. The zero-order valence-electron chi connectivity index (χ0n) is 11.4. The zero-order chi connectivity index (χ0) is 13.8. The van der Waals surface area contributed by atoms with E-state index in [1.165, 1.54) is 4.88 Å². The summed E-state index contributed by atoms with van der Waals surface area (Å²) >= 11 is 1.62. The number of thiazole rings is 1. The van der Waals surface area contributed by atoms with Gasteiger partial charge in [-0.3, -0.25) is 14.5 Å². The van der Waals surface area contributed by atoms with Crippen molar-refractivity contribution in [3.63, 3.8) is 0 Å². The topological polar surface area (TPSA) is 53.5 Å². The Morgan fingerprint density at radius 2 is 2.16 bits per heavy atom. The Labute approximate surface area is 117 Å². The van der Waals surface area contributed by atoms with Crippen molar-refractivity contribution in [1.29, 1.82) is 0 Å². The molecule has 2 heterocycles. The van der Waals surface area contributed by atoms with E-state index in [0.717, 1.165) is 12.2 Å². The summed E-state index contributed by atoms with van der Waals surface area (Å²) in [6.07, 6.45) is 1.01. The van der Waals surface area contributed by atoms with Gasteiger partial charge in [0.2, 0.25) is 5.91 Å². The van der Waals surface area contributed by atoms with Crippen LogP contribution in [-0.2, 0) is 16.1 Å². The third-order valence-electron chi connectivity index (χ3n) is 3.34. The second kappa shape index (κ2) is 6.25. The number of nitrogens with zero attached hydrogens (tertiary/aromatic N) is 3. The van der Waals surface area contributed by atoms with E-state index in [0.29, 0.717) is 32.5 Å². The molecule has 0 aliphatic carbocycles. The number of hydrogen-bond acceptors (Lipinski definition) is 5. The number of carbonyl (C=O) groups is 2. The van der Waals surface area contributed by atoms with Gasteiger partial charge in [-0.15, -0.1) is 11.3 Å². The van der Waals surface area contributed by atoms with E-state index in [1.807, 2.05) is 24.4 Å². The maximum Gasteiger partial charge on any atom is 0.236 e. The van der Waals surface area contributed by atoms with Crippen LogP contribution in [0.4, 0.5) is 0 Å². The van der Waals surface area contributed by atoms with Gasteiger partial charge in [-0.1, -0.05) is 0 Å². The number of amides is 1. The van der Waals surface area contributed by atoms with E-state index in [4.69, 9.17) is 0 Å². The fourth-order valence-corrected chi connectivity index (χ4v) is 2.97. The highest BCUT2D eigenvalue weighted by Gasteiger charge is 2.21. The van der Waals surface area contributed by atoms with Gasteiger partial charge in [-0.05, 0) is 14.0 Å². The molecule has 1 fully saturated rings. The van der Waals surface area contributed by atoms with Gasteiger partial charge >= 0.3 is 0 Å². The van der Waals surface area contributed by atoms with Crippen molar-refractivity contribution in [3.05, 3.63) is 16.1 Å². The average molecular weight is 281 g/mol. The number of rotatable bonds is 4. The maximum atomic E-state index is 12.1. The van der Waals surface area contributed by atoms with Crippen LogP contribution in [0.25, 0.3) is 0 Å². The third-order valence-corrected chi connectivity index (χ3v) is 4.26. The number of ketones is 1. The molecule has 104 valence electrons. The Balaban J connectivity index is 1.82. The van der Waals surface area contributed by atoms with Crippen LogP contribution in [0.5, 0.6) is 0 Å². The Hall–Kier alpha value is -1.27. The first-order valence-corrected chi connectivity index (χ1v) is 7.31. The van der Waals surface area contributed by atoms with Crippen LogP contribution in [0.15, 0.2) is 5.51 Å². The van der Waals surface area contributed by atoms with E-state index in [9.17, 15) is 9.59 Å². The van der Waals surface area contributed by atoms with Crippen molar-refractivity contribution in [2.24, 2.45) is 0 Å². The van der Waals surface area contributed by atoms with Crippen molar-refractivity contribution < 1.29 is 9.59 Å². The molecule has 1 aromatic rings. The van der Waals surface area contributed by atoms with E-state index >= 15 is 0 Å². The first-order valence-electron chi connectivity index (χ1n) is 6.43. The quantitative estimate of drug-likeness (QED) is 0.828. The normalized spacial score (nSPS) is 16.2. The number of piperidine rings is 1. The third kappa shape index (κ3) is 3.84. The van der Waals surface area contributed by atoms with Crippen LogP contribution in [0.2, 0.25) is 0 Å². The summed E-state index contributed by atoms with van der Waals surface area (Å²) in [4.78, 5) is 32.4. The largest absolute Gasteiger partial charge is 0.341 e. The second-order valence-corrected chi connectivity index (χ2v) is 5.89. The molecule has 1 aliphatic heterocycles. The number of Topliss-reactive ketones (excluding diaryl/α,β-unsaturated/α-hetero) is 1. The van der Waals surface area contributed by atoms with Gasteiger partial charge in [0, 0.05) is 37.4 Å². The van der Waals surface area contributed by atoms with Gasteiger partial charge in [0.1, 0.15) is 5.78 Å². The molecule has 1 saturated heterocycles. The maximum absolute atomic E-state index is 12.1. The lowest BCUT2D eigenvalue weighted by Crippen LogP contribution is -2.43. The average Bonchev–Trinajstić information content (AvgIpc) is 2.75. The number of carbonyl (C=O) groups excluding carboxylic acids is 2. The first kappa shape index (κ1) is 14.1. The molecule has 0 saturated carbocycles. The molecule has 1 aromatic heterocycles.